The van der Waals surface area contributed by atoms with E-state index in [0.29, 0.717) is 6.42 Å². The van der Waals surface area contributed by atoms with E-state index in [1.807, 2.05) is 51.2 Å². The van der Waals surface area contributed by atoms with E-state index in [9.17, 15) is 24.0 Å². The van der Waals surface area contributed by atoms with Crippen molar-refractivity contribution in [2.45, 2.75) is 112 Å². The van der Waals surface area contributed by atoms with Crippen LogP contribution in [0.25, 0.3) is 0 Å². The Balaban J connectivity index is 2.49. The maximum absolute atomic E-state index is 12.2. The number of ether oxygens (including phenoxy) is 6. The van der Waals surface area contributed by atoms with Gasteiger partial charge in [-0.15, -0.1) is 0 Å². The third-order valence-electron chi connectivity index (χ3n) is 7.48. The van der Waals surface area contributed by atoms with Crippen LogP contribution >= 0.6 is 0 Å². The lowest BCUT2D eigenvalue weighted by Crippen LogP contribution is -2.63. The molecule has 6 atom stereocenters. The lowest BCUT2D eigenvalue weighted by atomic mass is 9.71. The maximum atomic E-state index is 12.2. The van der Waals surface area contributed by atoms with Crippen molar-refractivity contribution < 1.29 is 52.4 Å². The third-order valence-corrected chi connectivity index (χ3v) is 7.48. The van der Waals surface area contributed by atoms with Gasteiger partial charge in [0.05, 0.1) is 6.10 Å². The van der Waals surface area contributed by atoms with E-state index in [1.54, 1.807) is 0 Å². The van der Waals surface area contributed by atoms with E-state index in [2.05, 4.69) is 13.8 Å². The molecule has 11 nitrogen and oxygen atoms in total. The first-order chi connectivity index (χ1) is 21.0. The Labute approximate surface area is 265 Å². The molecule has 0 aromatic carbocycles. The number of aldehydes is 1. The highest BCUT2D eigenvalue weighted by Crippen LogP contribution is 2.43. The summed E-state index contributed by atoms with van der Waals surface area (Å²) in [7, 11) is 0. The fourth-order valence-electron chi connectivity index (χ4n) is 5.32. The SMILES string of the molecule is CC(=O)OC[C@H]1O[C@H](OC2CCC(C)(C)C(/C=C/C(C)=C/C=C/C(C)=C/C=O)=C2C)[C@H](OC(C)=O)[C@@H](OC(C)=O)[C@@H]1OC(C)=O. The molecule has 0 N–H and O–H groups in total. The number of hydrogen-bond donors (Lipinski definition) is 0. The number of carbonyl (C=O) groups is 5. The van der Waals surface area contributed by atoms with Crippen molar-refractivity contribution >= 4 is 30.2 Å². The molecule has 0 aromatic rings. The highest BCUT2D eigenvalue weighted by molar-refractivity contribution is 5.69. The highest BCUT2D eigenvalue weighted by Gasteiger charge is 2.53. The Morgan fingerprint density at radius 3 is 1.98 bits per heavy atom. The smallest absolute Gasteiger partial charge is 0.303 e. The molecule has 11 heteroatoms. The largest absolute Gasteiger partial charge is 0.463 e. The minimum absolute atomic E-state index is 0.179. The fourth-order valence-corrected chi connectivity index (χ4v) is 5.32. The van der Waals surface area contributed by atoms with Crippen molar-refractivity contribution in [3.05, 3.63) is 58.7 Å². The molecule has 0 spiro atoms. The molecule has 0 aromatic heterocycles. The average Bonchev–Trinajstić information content (AvgIpc) is 2.91. The summed E-state index contributed by atoms with van der Waals surface area (Å²) in [4.78, 5) is 58.7. The number of esters is 4. The Bertz CT molecular complexity index is 1270. The molecular formula is C34H46O11. The monoisotopic (exact) mass is 630 g/mol. The van der Waals surface area contributed by atoms with Gasteiger partial charge in [-0.2, -0.15) is 0 Å². The van der Waals surface area contributed by atoms with Gasteiger partial charge in [-0.1, -0.05) is 49.8 Å². The van der Waals surface area contributed by atoms with Crippen LogP contribution in [0.5, 0.6) is 0 Å². The van der Waals surface area contributed by atoms with E-state index >= 15 is 0 Å². The molecule has 1 aliphatic carbocycles. The summed E-state index contributed by atoms with van der Waals surface area (Å²) >= 11 is 0. The van der Waals surface area contributed by atoms with E-state index in [-0.39, 0.29) is 12.0 Å². The molecule has 1 saturated heterocycles. The zero-order chi connectivity index (χ0) is 33.9. The number of allylic oxidation sites excluding steroid dienone is 9. The summed E-state index contributed by atoms with van der Waals surface area (Å²) in [5, 5.41) is 0. The van der Waals surface area contributed by atoms with E-state index in [4.69, 9.17) is 28.4 Å². The van der Waals surface area contributed by atoms with Crippen LogP contribution in [-0.4, -0.2) is 73.6 Å². The quantitative estimate of drug-likeness (QED) is 0.0966. The summed E-state index contributed by atoms with van der Waals surface area (Å²) in [6.07, 6.45) is 6.65. The zero-order valence-electron chi connectivity index (χ0n) is 27.6. The van der Waals surface area contributed by atoms with E-state index < -0.39 is 60.7 Å². The summed E-state index contributed by atoms with van der Waals surface area (Å²) < 4.78 is 34.4. The van der Waals surface area contributed by atoms with Crippen LogP contribution in [-0.2, 0) is 52.4 Å². The minimum Gasteiger partial charge on any atom is -0.463 e. The predicted octanol–water partition coefficient (Wildman–Crippen LogP) is 4.80. The zero-order valence-corrected chi connectivity index (χ0v) is 27.6. The first-order valence-electron chi connectivity index (χ1n) is 14.9. The average molecular weight is 631 g/mol. The first-order valence-corrected chi connectivity index (χ1v) is 14.9. The normalized spacial score (nSPS) is 27.3. The minimum atomic E-state index is -1.30. The number of carbonyl (C=O) groups excluding carboxylic acids is 5. The fraction of sp³-hybridized carbons (Fsp3) is 0.559. The summed E-state index contributed by atoms with van der Waals surface area (Å²) in [5.74, 6) is -2.70. The van der Waals surface area contributed by atoms with Gasteiger partial charge >= 0.3 is 23.9 Å². The molecular weight excluding hydrogens is 584 g/mol. The van der Waals surface area contributed by atoms with E-state index in [1.165, 1.54) is 33.8 Å². The van der Waals surface area contributed by atoms with Gasteiger partial charge in [-0.3, -0.25) is 24.0 Å². The second-order valence-electron chi connectivity index (χ2n) is 11.9. The Morgan fingerprint density at radius 1 is 0.822 bits per heavy atom. The van der Waals surface area contributed by atoms with Gasteiger partial charge in [0.15, 0.2) is 24.6 Å². The van der Waals surface area contributed by atoms with Gasteiger partial charge in [0.1, 0.15) is 19.0 Å². The maximum Gasteiger partial charge on any atom is 0.303 e. The van der Waals surface area contributed by atoms with E-state index in [0.717, 1.165) is 35.0 Å². The standard InChI is InChI=1S/C34H46O11/c1-20(11-10-12-21(2)16-18-35)13-14-27-22(3)28(15-17-34(27,8)9)44-33-32(43-26(7)39)31(42-25(6)38)30(41-24(5)37)29(45-33)19-40-23(4)36/h10-14,16,18,28-33H,15,17,19H2,1-9H3/b12-10+,14-13+,20-11+,21-16+/t28?,29-,30-,31+,32-,33+/m1/s1. The van der Waals surface area contributed by atoms with Crippen molar-refractivity contribution in [2.75, 3.05) is 6.61 Å². The van der Waals surface area contributed by atoms with Crippen LogP contribution in [0.2, 0.25) is 0 Å². The van der Waals surface area contributed by atoms with Gasteiger partial charge in [-0.25, -0.2) is 0 Å². The van der Waals surface area contributed by atoms with Crippen molar-refractivity contribution in [2.24, 2.45) is 5.41 Å². The van der Waals surface area contributed by atoms with Crippen molar-refractivity contribution in [3.63, 3.8) is 0 Å². The molecule has 1 unspecified atom stereocenters. The summed E-state index contributed by atoms with van der Waals surface area (Å²) in [6, 6.07) is 0. The van der Waals surface area contributed by atoms with Gasteiger partial charge in [0.25, 0.3) is 0 Å². The second-order valence-corrected chi connectivity index (χ2v) is 11.9. The molecule has 1 aliphatic heterocycles. The number of rotatable bonds is 12. The Hall–Kier alpha value is -3.83. The summed E-state index contributed by atoms with van der Waals surface area (Å²) in [6.45, 7) is 14.5. The Kier molecular flexibility index (Phi) is 14.1. The molecule has 0 saturated carbocycles. The third kappa shape index (κ3) is 11.6. The van der Waals surface area contributed by atoms with Crippen molar-refractivity contribution in [3.8, 4) is 0 Å². The molecule has 2 aliphatic rings. The van der Waals surface area contributed by atoms with Crippen LogP contribution < -0.4 is 0 Å². The molecule has 0 radical (unpaired) electrons. The summed E-state index contributed by atoms with van der Waals surface area (Å²) in [5.41, 5.74) is 3.64. The second kappa shape index (κ2) is 17.0. The predicted molar refractivity (Wildman–Crippen MR) is 164 cm³/mol. The topological polar surface area (TPSA) is 141 Å². The molecule has 0 amide bonds. The Morgan fingerprint density at radius 2 is 1.40 bits per heavy atom. The lowest BCUT2D eigenvalue weighted by molar-refractivity contribution is -0.315. The van der Waals surface area contributed by atoms with Crippen LogP contribution in [0.3, 0.4) is 0 Å². The van der Waals surface area contributed by atoms with Gasteiger partial charge in [0, 0.05) is 27.7 Å². The van der Waals surface area contributed by atoms with Gasteiger partial charge in [0.2, 0.25) is 0 Å². The molecule has 1 fully saturated rings. The van der Waals surface area contributed by atoms with Crippen LogP contribution in [0.4, 0.5) is 0 Å². The molecule has 1 heterocycles. The van der Waals surface area contributed by atoms with Crippen LogP contribution in [0, 0.1) is 5.41 Å². The molecule has 248 valence electrons. The van der Waals surface area contributed by atoms with Crippen LogP contribution in [0.1, 0.15) is 75.2 Å². The number of hydrogen-bond acceptors (Lipinski definition) is 11. The molecule has 45 heavy (non-hydrogen) atoms. The molecule has 2 rings (SSSR count). The van der Waals surface area contributed by atoms with Crippen LogP contribution in [0.15, 0.2) is 58.7 Å². The molecule has 0 bridgehead atoms. The van der Waals surface area contributed by atoms with Crippen molar-refractivity contribution in [1.29, 1.82) is 0 Å². The van der Waals surface area contributed by atoms with Gasteiger partial charge < -0.3 is 28.4 Å². The first kappa shape index (κ1) is 37.4. The van der Waals surface area contributed by atoms with Gasteiger partial charge in [-0.05, 0) is 61.8 Å². The lowest BCUT2D eigenvalue weighted by Gasteiger charge is -2.46. The highest BCUT2D eigenvalue weighted by atomic mass is 16.7. The van der Waals surface area contributed by atoms with Crippen molar-refractivity contribution in [1.82, 2.24) is 0 Å².